The number of hydrogen-bond donors (Lipinski definition) is 0. The highest BCUT2D eigenvalue weighted by Gasteiger charge is 2.14. The predicted octanol–water partition coefficient (Wildman–Crippen LogP) is 4.15. The molecule has 1 aromatic rings. The van der Waals surface area contributed by atoms with E-state index in [1.54, 1.807) is 22.6 Å². The van der Waals surface area contributed by atoms with Crippen LogP contribution in [0.25, 0.3) is 0 Å². The molecule has 1 aromatic heterocycles. The number of alkyl halides is 2. The lowest BCUT2D eigenvalue weighted by Crippen LogP contribution is -1.94. The van der Waals surface area contributed by atoms with E-state index in [1.165, 1.54) is 6.07 Å². The summed E-state index contributed by atoms with van der Waals surface area (Å²) in [5, 5.41) is 0. The number of nitrogens with zero attached hydrogens (tertiary/aromatic N) is 1. The van der Waals surface area contributed by atoms with E-state index in [-0.39, 0.29) is 5.56 Å². The summed E-state index contributed by atoms with van der Waals surface area (Å²) in [6, 6.07) is 1.36. The zero-order chi connectivity index (χ0) is 9.30. The van der Waals surface area contributed by atoms with E-state index >= 15 is 0 Å². The summed E-state index contributed by atoms with van der Waals surface area (Å²) in [6.07, 6.45) is -2.48. The molecule has 0 bridgehead atoms. The fourth-order valence-electron chi connectivity index (χ4n) is 0.613. The van der Waals surface area contributed by atoms with Gasteiger partial charge in [-0.05, 0) is 60.5 Å². The van der Waals surface area contributed by atoms with Gasteiger partial charge in [0.2, 0.25) is 0 Å². The number of halogens is 5. The molecule has 0 atom stereocenters. The summed E-state index contributed by atoms with van der Waals surface area (Å²) in [5.74, 6) is 0. The van der Waals surface area contributed by atoms with Gasteiger partial charge in [-0.3, -0.25) is 0 Å². The van der Waals surface area contributed by atoms with E-state index in [9.17, 15) is 8.78 Å². The van der Waals surface area contributed by atoms with Crippen LogP contribution in [0.3, 0.4) is 0 Å². The van der Waals surface area contributed by atoms with Crippen molar-refractivity contribution in [3.05, 3.63) is 24.4 Å². The normalized spacial score (nSPS) is 10.8. The average molecular weight is 413 g/mol. The fraction of sp³-hybridized carbons (Fsp3) is 0.167. The van der Waals surface area contributed by atoms with Crippen LogP contribution in [0.4, 0.5) is 8.78 Å². The Bertz CT molecular complexity index is 306. The molecule has 0 saturated heterocycles. The second-order valence-electron chi connectivity index (χ2n) is 1.94. The molecule has 0 aromatic carbocycles. The topological polar surface area (TPSA) is 12.9 Å². The summed E-state index contributed by atoms with van der Waals surface area (Å²) in [5.41, 5.74) is -0.0503. The molecule has 12 heavy (non-hydrogen) atoms. The van der Waals surface area contributed by atoms with E-state index in [2.05, 4.69) is 36.8 Å². The predicted molar refractivity (Wildman–Crippen MR) is 57.3 cm³/mol. The maximum atomic E-state index is 12.3. The molecule has 0 N–H and O–H groups in total. The molecule has 1 nitrogen and oxygen atoms in total. The molecule has 1 rings (SSSR count). The van der Waals surface area contributed by atoms with Gasteiger partial charge < -0.3 is 0 Å². The Morgan fingerprint density at radius 3 is 2.50 bits per heavy atom. The largest absolute Gasteiger partial charge is 0.266 e. The van der Waals surface area contributed by atoms with Crippen molar-refractivity contribution in [1.29, 1.82) is 0 Å². The van der Waals surface area contributed by atoms with Gasteiger partial charge in [0.1, 0.15) is 8.30 Å². The third-order valence-electron chi connectivity index (χ3n) is 1.15. The molecule has 0 amide bonds. The van der Waals surface area contributed by atoms with Gasteiger partial charge in [-0.15, -0.1) is 0 Å². The van der Waals surface area contributed by atoms with Gasteiger partial charge in [-0.25, -0.2) is 13.8 Å². The second kappa shape index (κ2) is 4.28. The van der Waals surface area contributed by atoms with E-state index in [0.29, 0.717) is 12.8 Å². The Labute approximate surface area is 98.3 Å². The molecule has 0 spiro atoms. The number of rotatable bonds is 1. The third kappa shape index (κ3) is 2.35. The van der Waals surface area contributed by atoms with E-state index in [0.717, 1.165) is 0 Å². The number of hydrogen-bond acceptors (Lipinski definition) is 1. The summed E-state index contributed by atoms with van der Waals surface area (Å²) in [6.45, 7) is 0. The summed E-state index contributed by atoms with van der Waals surface area (Å²) < 4.78 is 25.9. The Kier molecular flexibility index (Phi) is 3.84. The zero-order valence-electron chi connectivity index (χ0n) is 5.49. The van der Waals surface area contributed by atoms with Crippen LogP contribution in [-0.2, 0) is 0 Å². The molecular formula is C6H2Br2F2IN. The second-order valence-corrected chi connectivity index (χ2v) is 4.57. The minimum absolute atomic E-state index is 0.0503. The Hall–Kier alpha value is 0.700. The summed E-state index contributed by atoms with van der Waals surface area (Å²) >= 11 is 8.00. The highest BCUT2D eigenvalue weighted by molar-refractivity contribution is 14.1. The quantitative estimate of drug-likeness (QED) is 0.499. The van der Waals surface area contributed by atoms with E-state index in [4.69, 9.17) is 0 Å². The van der Waals surface area contributed by atoms with Crippen molar-refractivity contribution in [2.75, 3.05) is 0 Å². The first-order valence-electron chi connectivity index (χ1n) is 2.82. The van der Waals surface area contributed by atoms with Gasteiger partial charge in [0.25, 0.3) is 6.43 Å². The van der Waals surface area contributed by atoms with Gasteiger partial charge in [0, 0.05) is 0 Å². The molecule has 0 aliphatic rings. The minimum atomic E-state index is -2.48. The molecule has 0 aliphatic heterocycles. The molecule has 0 saturated carbocycles. The summed E-state index contributed by atoms with van der Waals surface area (Å²) in [4.78, 5) is 3.87. The first kappa shape index (κ1) is 10.8. The Balaban J connectivity index is 3.23. The van der Waals surface area contributed by atoms with Crippen molar-refractivity contribution in [2.24, 2.45) is 0 Å². The molecule has 0 unspecified atom stereocenters. The van der Waals surface area contributed by atoms with Crippen LogP contribution in [0.15, 0.2) is 15.1 Å². The molecule has 0 aliphatic carbocycles. The van der Waals surface area contributed by atoms with Crippen molar-refractivity contribution >= 4 is 54.5 Å². The van der Waals surface area contributed by atoms with Crippen LogP contribution in [0.5, 0.6) is 0 Å². The SMILES string of the molecule is FC(F)c1cc(Br)c(Br)nc1I. The molecule has 0 fully saturated rings. The van der Waals surface area contributed by atoms with E-state index < -0.39 is 6.43 Å². The van der Waals surface area contributed by atoms with Gasteiger partial charge in [0.05, 0.1) is 10.0 Å². The smallest absolute Gasteiger partial charge is 0.233 e. The van der Waals surface area contributed by atoms with Crippen molar-refractivity contribution < 1.29 is 8.78 Å². The molecule has 6 heteroatoms. The van der Waals surface area contributed by atoms with Gasteiger partial charge in [-0.2, -0.15) is 0 Å². The molecule has 1 heterocycles. The lowest BCUT2D eigenvalue weighted by atomic mass is 10.3. The zero-order valence-corrected chi connectivity index (χ0v) is 10.8. The van der Waals surface area contributed by atoms with Crippen molar-refractivity contribution in [3.8, 4) is 0 Å². The Morgan fingerprint density at radius 2 is 2.00 bits per heavy atom. The Morgan fingerprint density at radius 1 is 1.42 bits per heavy atom. The fourth-order valence-corrected chi connectivity index (χ4v) is 2.20. The standard InChI is InChI=1S/C6H2Br2F2IN/c7-3-1-2(5(9)10)6(11)12-4(3)8/h1,5H. The van der Waals surface area contributed by atoms with Crippen LogP contribution >= 0.6 is 54.5 Å². The van der Waals surface area contributed by atoms with Crippen LogP contribution in [0, 0.1) is 3.70 Å². The first-order chi connectivity index (χ1) is 5.52. The van der Waals surface area contributed by atoms with E-state index in [1.807, 2.05) is 0 Å². The molecule has 66 valence electrons. The molecular weight excluding hydrogens is 411 g/mol. The van der Waals surface area contributed by atoms with Gasteiger partial charge >= 0.3 is 0 Å². The maximum Gasteiger partial charge on any atom is 0.266 e. The van der Waals surface area contributed by atoms with Crippen LogP contribution in [-0.4, -0.2) is 4.98 Å². The highest BCUT2D eigenvalue weighted by atomic mass is 127. The minimum Gasteiger partial charge on any atom is -0.233 e. The molecule has 0 radical (unpaired) electrons. The van der Waals surface area contributed by atoms with Crippen molar-refractivity contribution in [3.63, 3.8) is 0 Å². The summed E-state index contributed by atoms with van der Waals surface area (Å²) in [7, 11) is 0. The highest BCUT2D eigenvalue weighted by Crippen LogP contribution is 2.29. The number of aromatic nitrogens is 1. The average Bonchev–Trinajstić information content (AvgIpc) is 1.96. The van der Waals surface area contributed by atoms with Crippen molar-refractivity contribution in [2.45, 2.75) is 6.43 Å². The lowest BCUT2D eigenvalue weighted by Gasteiger charge is -2.03. The maximum absolute atomic E-state index is 12.3. The van der Waals surface area contributed by atoms with Gasteiger partial charge in [-0.1, -0.05) is 0 Å². The lowest BCUT2D eigenvalue weighted by molar-refractivity contribution is 0.149. The van der Waals surface area contributed by atoms with Gasteiger partial charge in [0.15, 0.2) is 0 Å². The van der Waals surface area contributed by atoms with Crippen LogP contribution in [0.2, 0.25) is 0 Å². The third-order valence-corrected chi connectivity index (χ3v) is 3.75. The van der Waals surface area contributed by atoms with Crippen LogP contribution in [0.1, 0.15) is 12.0 Å². The van der Waals surface area contributed by atoms with Crippen molar-refractivity contribution in [1.82, 2.24) is 4.98 Å². The van der Waals surface area contributed by atoms with Crippen LogP contribution < -0.4 is 0 Å². The first-order valence-corrected chi connectivity index (χ1v) is 5.48. The number of pyridine rings is 1. The monoisotopic (exact) mass is 411 g/mol.